The third-order valence-electron chi connectivity index (χ3n) is 3.05. The van der Waals surface area contributed by atoms with Crippen LogP contribution >= 0.6 is 22.6 Å². The van der Waals surface area contributed by atoms with Gasteiger partial charge in [0.2, 0.25) is 0 Å². The fourth-order valence-electron chi connectivity index (χ4n) is 2.15. The van der Waals surface area contributed by atoms with Crippen LogP contribution in [0.4, 0.5) is 4.39 Å². The minimum Gasteiger partial charge on any atom is -0.496 e. The fourth-order valence-corrected chi connectivity index (χ4v) is 2.86. The van der Waals surface area contributed by atoms with Gasteiger partial charge >= 0.3 is 0 Å². The zero-order chi connectivity index (χ0) is 11.5. The molecule has 1 fully saturated rings. The third kappa shape index (κ3) is 2.48. The van der Waals surface area contributed by atoms with Crippen molar-refractivity contribution in [3.63, 3.8) is 0 Å². The molecule has 0 radical (unpaired) electrons. The molecule has 1 saturated heterocycles. The molecule has 0 spiro atoms. The van der Waals surface area contributed by atoms with Crippen molar-refractivity contribution >= 4 is 22.6 Å². The molecule has 1 aromatic carbocycles. The van der Waals surface area contributed by atoms with E-state index in [1.54, 1.807) is 7.11 Å². The highest BCUT2D eigenvalue weighted by Gasteiger charge is 2.20. The lowest BCUT2D eigenvalue weighted by Gasteiger charge is -2.23. The number of halogens is 2. The van der Waals surface area contributed by atoms with Gasteiger partial charge < -0.3 is 10.1 Å². The molecule has 0 bridgehead atoms. The maximum Gasteiger partial charge on any atom is 0.135 e. The third-order valence-corrected chi connectivity index (χ3v) is 3.89. The Morgan fingerprint density at radius 1 is 1.38 bits per heavy atom. The largest absolute Gasteiger partial charge is 0.496 e. The van der Waals surface area contributed by atoms with Crippen LogP contribution in [0.5, 0.6) is 5.75 Å². The zero-order valence-electron chi connectivity index (χ0n) is 9.22. The summed E-state index contributed by atoms with van der Waals surface area (Å²) in [6.45, 7) is 1.96. The van der Waals surface area contributed by atoms with Crippen molar-refractivity contribution in [3.8, 4) is 5.75 Å². The van der Waals surface area contributed by atoms with Crippen LogP contribution in [0.3, 0.4) is 0 Å². The summed E-state index contributed by atoms with van der Waals surface area (Å²) >= 11 is 2.19. The van der Waals surface area contributed by atoms with Crippen molar-refractivity contribution in [2.24, 2.45) is 0 Å². The maximum atomic E-state index is 13.9. The molecule has 0 unspecified atom stereocenters. The predicted octanol–water partition coefficient (Wildman–Crippen LogP) is 2.91. The standard InChI is InChI=1S/C12H15FINO/c1-16-12-7-10(13)9(6-11(12)14)8-2-4-15-5-3-8/h6-8,15H,2-5H2,1H3. The molecular weight excluding hydrogens is 320 g/mol. The van der Waals surface area contributed by atoms with Gasteiger partial charge in [0.1, 0.15) is 11.6 Å². The van der Waals surface area contributed by atoms with Crippen molar-refractivity contribution in [1.29, 1.82) is 0 Å². The topological polar surface area (TPSA) is 21.3 Å². The molecule has 1 heterocycles. The molecule has 1 N–H and O–H groups in total. The number of hydrogen-bond donors (Lipinski definition) is 1. The summed E-state index contributed by atoms with van der Waals surface area (Å²) in [6, 6.07) is 3.42. The quantitative estimate of drug-likeness (QED) is 0.840. The van der Waals surface area contributed by atoms with E-state index in [1.807, 2.05) is 6.07 Å². The normalized spacial score (nSPS) is 17.4. The Morgan fingerprint density at radius 2 is 2.06 bits per heavy atom. The maximum absolute atomic E-state index is 13.9. The number of hydrogen-bond acceptors (Lipinski definition) is 2. The lowest BCUT2D eigenvalue weighted by Crippen LogP contribution is -2.27. The van der Waals surface area contributed by atoms with Crippen LogP contribution in [0.2, 0.25) is 0 Å². The van der Waals surface area contributed by atoms with Crippen molar-refractivity contribution in [2.45, 2.75) is 18.8 Å². The molecule has 88 valence electrons. The van der Waals surface area contributed by atoms with Gasteiger partial charge in [-0.05, 0) is 66.1 Å². The zero-order valence-corrected chi connectivity index (χ0v) is 11.4. The highest BCUT2D eigenvalue weighted by Crippen LogP contribution is 2.32. The first-order valence-electron chi connectivity index (χ1n) is 5.46. The first kappa shape index (κ1) is 12.1. The number of rotatable bonds is 2. The van der Waals surface area contributed by atoms with Gasteiger partial charge in [-0.3, -0.25) is 0 Å². The average Bonchev–Trinajstić information content (AvgIpc) is 2.32. The second kappa shape index (κ2) is 5.31. The molecule has 1 aromatic rings. The summed E-state index contributed by atoms with van der Waals surface area (Å²) in [7, 11) is 1.57. The first-order valence-corrected chi connectivity index (χ1v) is 6.54. The summed E-state index contributed by atoms with van der Waals surface area (Å²) < 4.78 is 20.0. The van der Waals surface area contributed by atoms with Crippen LogP contribution in [-0.2, 0) is 0 Å². The Bertz CT molecular complexity index is 378. The van der Waals surface area contributed by atoms with Crippen LogP contribution in [0.15, 0.2) is 12.1 Å². The summed E-state index contributed by atoms with van der Waals surface area (Å²) in [5.41, 5.74) is 0.840. The number of ether oxygens (including phenoxy) is 1. The van der Waals surface area contributed by atoms with Gasteiger partial charge in [-0.25, -0.2) is 4.39 Å². The molecule has 0 saturated carbocycles. The van der Waals surface area contributed by atoms with Crippen molar-refractivity contribution in [2.75, 3.05) is 20.2 Å². The average molecular weight is 335 g/mol. The molecule has 1 aliphatic heterocycles. The summed E-state index contributed by atoms with van der Waals surface area (Å²) in [4.78, 5) is 0. The Kier molecular flexibility index (Phi) is 4.02. The molecule has 0 aromatic heterocycles. The lowest BCUT2D eigenvalue weighted by atomic mass is 9.90. The molecule has 16 heavy (non-hydrogen) atoms. The molecule has 2 rings (SSSR count). The van der Waals surface area contributed by atoms with E-state index in [0.29, 0.717) is 11.7 Å². The van der Waals surface area contributed by atoms with E-state index in [1.165, 1.54) is 6.07 Å². The number of nitrogens with one attached hydrogen (secondary N) is 1. The van der Waals surface area contributed by atoms with Gasteiger partial charge in [0.25, 0.3) is 0 Å². The van der Waals surface area contributed by atoms with Crippen LogP contribution < -0.4 is 10.1 Å². The Hall–Kier alpha value is -0.360. The van der Waals surface area contributed by atoms with E-state index in [2.05, 4.69) is 27.9 Å². The van der Waals surface area contributed by atoms with Gasteiger partial charge in [-0.1, -0.05) is 0 Å². The summed E-state index contributed by atoms with van der Waals surface area (Å²) in [5.74, 6) is 0.834. The molecule has 1 aliphatic rings. The number of methoxy groups -OCH3 is 1. The van der Waals surface area contributed by atoms with Gasteiger partial charge in [0, 0.05) is 6.07 Å². The van der Waals surface area contributed by atoms with Crippen LogP contribution in [-0.4, -0.2) is 20.2 Å². The van der Waals surface area contributed by atoms with E-state index >= 15 is 0 Å². The number of piperidine rings is 1. The Balaban J connectivity index is 2.29. The second-order valence-corrected chi connectivity index (χ2v) is 5.19. The predicted molar refractivity (Wildman–Crippen MR) is 70.5 cm³/mol. The van der Waals surface area contributed by atoms with E-state index in [-0.39, 0.29) is 5.82 Å². The van der Waals surface area contributed by atoms with Crippen molar-refractivity contribution in [3.05, 3.63) is 27.1 Å². The van der Waals surface area contributed by atoms with Crippen LogP contribution in [0, 0.1) is 9.39 Å². The lowest BCUT2D eigenvalue weighted by molar-refractivity contribution is 0.403. The van der Waals surface area contributed by atoms with Gasteiger partial charge in [0.05, 0.1) is 10.7 Å². The smallest absolute Gasteiger partial charge is 0.135 e. The molecule has 0 amide bonds. The summed E-state index contributed by atoms with van der Waals surface area (Å²) in [5, 5.41) is 3.29. The summed E-state index contributed by atoms with van der Waals surface area (Å²) in [6.07, 6.45) is 2.03. The number of benzene rings is 1. The Morgan fingerprint density at radius 3 is 2.69 bits per heavy atom. The molecule has 0 aliphatic carbocycles. The van der Waals surface area contributed by atoms with Gasteiger partial charge in [0.15, 0.2) is 0 Å². The van der Waals surface area contributed by atoms with Crippen molar-refractivity contribution < 1.29 is 9.13 Å². The van der Waals surface area contributed by atoms with Crippen LogP contribution in [0.25, 0.3) is 0 Å². The van der Waals surface area contributed by atoms with E-state index in [9.17, 15) is 4.39 Å². The Labute approximate surface area is 109 Å². The highest BCUT2D eigenvalue weighted by molar-refractivity contribution is 14.1. The van der Waals surface area contributed by atoms with Crippen LogP contribution in [0.1, 0.15) is 24.3 Å². The minimum absolute atomic E-state index is 0.135. The van der Waals surface area contributed by atoms with E-state index in [0.717, 1.165) is 35.1 Å². The highest BCUT2D eigenvalue weighted by atomic mass is 127. The fraction of sp³-hybridized carbons (Fsp3) is 0.500. The van der Waals surface area contributed by atoms with E-state index < -0.39 is 0 Å². The minimum atomic E-state index is -0.135. The monoisotopic (exact) mass is 335 g/mol. The molecule has 4 heteroatoms. The first-order chi connectivity index (χ1) is 7.72. The van der Waals surface area contributed by atoms with Gasteiger partial charge in [-0.15, -0.1) is 0 Å². The van der Waals surface area contributed by atoms with Gasteiger partial charge in [-0.2, -0.15) is 0 Å². The van der Waals surface area contributed by atoms with E-state index in [4.69, 9.17) is 4.74 Å². The molecule has 2 nitrogen and oxygen atoms in total. The molecule has 0 atom stereocenters. The van der Waals surface area contributed by atoms with Crippen molar-refractivity contribution in [1.82, 2.24) is 5.32 Å². The molecular formula is C12H15FINO. The SMILES string of the molecule is COc1cc(F)c(C2CCNCC2)cc1I. The second-order valence-electron chi connectivity index (χ2n) is 4.03.